The number of rotatable bonds is 4. The van der Waals surface area contributed by atoms with E-state index in [0.29, 0.717) is 11.1 Å². The van der Waals surface area contributed by atoms with Crippen LogP contribution in [0.15, 0.2) is 29.2 Å². The van der Waals surface area contributed by atoms with Crippen LogP contribution in [0.4, 0.5) is 0 Å². The molecule has 1 N–H and O–H groups in total. The quantitative estimate of drug-likeness (QED) is 0.904. The van der Waals surface area contributed by atoms with Gasteiger partial charge in [0.25, 0.3) is 0 Å². The molecule has 3 atom stereocenters. The molecule has 1 fully saturated rings. The number of benzene rings is 1. The summed E-state index contributed by atoms with van der Waals surface area (Å²) >= 11 is 6.22. The van der Waals surface area contributed by atoms with Crippen molar-refractivity contribution in [1.82, 2.24) is 5.32 Å². The largest absolute Gasteiger partial charge is 0.313 e. The van der Waals surface area contributed by atoms with Crippen molar-refractivity contribution in [2.45, 2.75) is 61.6 Å². The van der Waals surface area contributed by atoms with Crippen molar-refractivity contribution >= 4 is 22.4 Å². The lowest BCUT2D eigenvalue weighted by atomic mass is 9.96. The molecule has 0 aliphatic heterocycles. The summed E-state index contributed by atoms with van der Waals surface area (Å²) in [5, 5.41) is 4.34. The first-order chi connectivity index (χ1) is 9.74. The molecule has 2 nitrogen and oxygen atoms in total. The van der Waals surface area contributed by atoms with Gasteiger partial charge >= 0.3 is 0 Å². The van der Waals surface area contributed by atoms with E-state index in [1.807, 2.05) is 24.3 Å². The highest BCUT2D eigenvalue weighted by Crippen LogP contribution is 2.28. The van der Waals surface area contributed by atoms with Crippen molar-refractivity contribution in [1.29, 1.82) is 0 Å². The lowest BCUT2D eigenvalue weighted by Gasteiger charge is -2.29. The van der Waals surface area contributed by atoms with Gasteiger partial charge in [-0.15, -0.1) is 0 Å². The van der Waals surface area contributed by atoms with Crippen LogP contribution in [0, 0.1) is 0 Å². The molecular weight excluding hydrogens is 290 g/mol. The van der Waals surface area contributed by atoms with Crippen LogP contribution >= 0.6 is 11.6 Å². The first kappa shape index (κ1) is 16.0. The monoisotopic (exact) mass is 313 g/mol. The molecule has 0 spiro atoms. The molecule has 2 rings (SSSR count). The van der Waals surface area contributed by atoms with Gasteiger partial charge in [-0.1, -0.05) is 56.3 Å². The molecule has 3 unspecified atom stereocenters. The van der Waals surface area contributed by atoms with Crippen LogP contribution in [-0.4, -0.2) is 22.0 Å². The van der Waals surface area contributed by atoms with E-state index in [4.69, 9.17) is 11.6 Å². The molecule has 1 aliphatic rings. The van der Waals surface area contributed by atoms with Gasteiger partial charge in [-0.2, -0.15) is 0 Å². The fourth-order valence-corrected chi connectivity index (χ4v) is 5.05. The average Bonchev–Trinajstić information content (AvgIpc) is 2.42. The Kier molecular flexibility index (Phi) is 6.53. The van der Waals surface area contributed by atoms with Crippen LogP contribution in [0.25, 0.3) is 0 Å². The Hall–Kier alpha value is -0.380. The zero-order valence-corrected chi connectivity index (χ0v) is 13.7. The van der Waals surface area contributed by atoms with Gasteiger partial charge in [0.15, 0.2) is 0 Å². The van der Waals surface area contributed by atoms with Gasteiger partial charge in [0.05, 0.1) is 26.0 Å². The van der Waals surface area contributed by atoms with E-state index in [1.54, 1.807) is 0 Å². The normalized spacial score (nSPS) is 25.7. The zero-order valence-electron chi connectivity index (χ0n) is 12.1. The Morgan fingerprint density at radius 2 is 1.90 bits per heavy atom. The van der Waals surface area contributed by atoms with E-state index in [0.717, 1.165) is 24.3 Å². The minimum atomic E-state index is -1.03. The van der Waals surface area contributed by atoms with Crippen molar-refractivity contribution in [3.8, 4) is 0 Å². The van der Waals surface area contributed by atoms with Crippen molar-refractivity contribution in [3.63, 3.8) is 0 Å². The highest BCUT2D eigenvalue weighted by molar-refractivity contribution is 7.85. The summed E-state index contributed by atoms with van der Waals surface area (Å²) in [7, 11) is -1.03. The molecular formula is C16H24ClNOS. The molecule has 20 heavy (non-hydrogen) atoms. The molecule has 0 radical (unpaired) electrons. The lowest BCUT2D eigenvalue weighted by molar-refractivity contribution is 0.400. The summed E-state index contributed by atoms with van der Waals surface area (Å²) in [6.45, 7) is 3.05. The Morgan fingerprint density at radius 3 is 2.60 bits per heavy atom. The Morgan fingerprint density at radius 1 is 1.20 bits per heavy atom. The first-order valence-electron chi connectivity index (χ1n) is 7.62. The SMILES string of the molecule is CCNC1CCCCCCC1S(=O)c1ccccc1Cl. The summed E-state index contributed by atoms with van der Waals surface area (Å²) in [6.07, 6.45) is 7.10. The van der Waals surface area contributed by atoms with E-state index in [9.17, 15) is 4.21 Å². The third-order valence-corrected chi connectivity index (χ3v) is 6.34. The molecule has 1 aromatic rings. The second-order valence-electron chi connectivity index (χ2n) is 5.42. The minimum Gasteiger partial charge on any atom is -0.313 e. The fraction of sp³-hybridized carbons (Fsp3) is 0.625. The minimum absolute atomic E-state index is 0.176. The molecule has 0 bridgehead atoms. The maximum atomic E-state index is 13.0. The maximum Gasteiger partial charge on any atom is 0.0591 e. The Labute approximate surface area is 129 Å². The van der Waals surface area contributed by atoms with Gasteiger partial charge in [-0.05, 0) is 31.5 Å². The smallest absolute Gasteiger partial charge is 0.0591 e. The maximum absolute atomic E-state index is 13.0. The predicted molar refractivity (Wildman–Crippen MR) is 86.8 cm³/mol. The van der Waals surface area contributed by atoms with E-state index < -0.39 is 10.8 Å². The van der Waals surface area contributed by atoms with Crippen LogP contribution in [0.5, 0.6) is 0 Å². The van der Waals surface area contributed by atoms with Gasteiger partial charge in [0.1, 0.15) is 0 Å². The number of hydrogen-bond acceptors (Lipinski definition) is 2. The van der Waals surface area contributed by atoms with Gasteiger partial charge in [-0.25, -0.2) is 0 Å². The highest BCUT2D eigenvalue weighted by Gasteiger charge is 2.28. The zero-order chi connectivity index (χ0) is 14.4. The number of halogens is 1. The van der Waals surface area contributed by atoms with Crippen molar-refractivity contribution in [2.75, 3.05) is 6.54 Å². The van der Waals surface area contributed by atoms with Gasteiger partial charge in [-0.3, -0.25) is 4.21 Å². The van der Waals surface area contributed by atoms with Crippen LogP contribution in [0.3, 0.4) is 0 Å². The Bertz CT molecular complexity index is 452. The standard InChI is InChI=1S/C16H24ClNOS/c1-2-18-14-10-5-3-4-6-12-16(14)20(19)15-11-8-7-9-13(15)17/h7-9,11,14,16,18H,2-6,10,12H2,1H3. The van der Waals surface area contributed by atoms with E-state index in [2.05, 4.69) is 12.2 Å². The van der Waals surface area contributed by atoms with E-state index in [1.165, 1.54) is 25.7 Å². The molecule has 0 amide bonds. The predicted octanol–water partition coefficient (Wildman–Crippen LogP) is 4.15. The molecule has 1 saturated carbocycles. The van der Waals surface area contributed by atoms with Crippen molar-refractivity contribution in [2.24, 2.45) is 0 Å². The summed E-state index contributed by atoms with van der Waals surface area (Å²) in [5.74, 6) is 0. The Balaban J connectivity index is 2.20. The third-order valence-electron chi connectivity index (χ3n) is 4.00. The van der Waals surface area contributed by atoms with E-state index in [-0.39, 0.29) is 5.25 Å². The summed E-state index contributed by atoms with van der Waals surface area (Å²) in [4.78, 5) is 0.794. The highest BCUT2D eigenvalue weighted by atomic mass is 35.5. The van der Waals surface area contributed by atoms with Gasteiger partial charge < -0.3 is 5.32 Å². The second kappa shape index (κ2) is 8.16. The molecule has 0 heterocycles. The summed E-state index contributed by atoms with van der Waals surface area (Å²) in [6, 6.07) is 7.89. The molecule has 0 saturated heterocycles. The van der Waals surface area contributed by atoms with Gasteiger partial charge in [0, 0.05) is 6.04 Å². The topological polar surface area (TPSA) is 29.1 Å². The molecule has 1 aliphatic carbocycles. The molecule has 0 aromatic heterocycles. The number of nitrogens with one attached hydrogen (secondary N) is 1. The molecule has 1 aromatic carbocycles. The summed E-state index contributed by atoms with van der Waals surface area (Å²) in [5.41, 5.74) is 0. The first-order valence-corrected chi connectivity index (χ1v) is 9.21. The van der Waals surface area contributed by atoms with Crippen molar-refractivity contribution in [3.05, 3.63) is 29.3 Å². The van der Waals surface area contributed by atoms with Crippen LogP contribution in [-0.2, 0) is 10.8 Å². The number of hydrogen-bond donors (Lipinski definition) is 1. The van der Waals surface area contributed by atoms with Crippen LogP contribution < -0.4 is 5.32 Å². The van der Waals surface area contributed by atoms with Crippen LogP contribution in [0.1, 0.15) is 45.4 Å². The fourth-order valence-electron chi connectivity index (χ4n) is 2.97. The second-order valence-corrected chi connectivity index (χ2v) is 7.47. The molecule has 112 valence electrons. The third kappa shape index (κ3) is 4.06. The van der Waals surface area contributed by atoms with Crippen molar-refractivity contribution < 1.29 is 4.21 Å². The van der Waals surface area contributed by atoms with Crippen LogP contribution in [0.2, 0.25) is 5.02 Å². The molecule has 4 heteroatoms. The summed E-state index contributed by atoms with van der Waals surface area (Å²) < 4.78 is 13.0. The average molecular weight is 314 g/mol. The lowest BCUT2D eigenvalue weighted by Crippen LogP contribution is -2.42. The van der Waals surface area contributed by atoms with E-state index >= 15 is 0 Å². The van der Waals surface area contributed by atoms with Gasteiger partial charge in [0.2, 0.25) is 0 Å².